The van der Waals surface area contributed by atoms with Crippen LogP contribution >= 0.6 is 11.6 Å². The average molecular weight is 364 g/mol. The molecule has 2 aromatic rings. The fraction of sp³-hybridized carbons (Fsp3) is 0.222. The molecule has 0 heterocycles. The third-order valence-corrected chi connectivity index (χ3v) is 3.66. The summed E-state index contributed by atoms with van der Waals surface area (Å²) in [6.07, 6.45) is 0. The predicted octanol–water partition coefficient (Wildman–Crippen LogP) is 3.46. The summed E-state index contributed by atoms with van der Waals surface area (Å²) >= 11 is 5.87. The van der Waals surface area contributed by atoms with Gasteiger partial charge in [0.05, 0.1) is 14.2 Å². The number of nitrogens with one attached hydrogen (secondary N) is 1. The Bertz CT molecular complexity index is 791. The van der Waals surface area contributed by atoms with Crippen LogP contribution in [0, 0.1) is 6.92 Å². The van der Waals surface area contributed by atoms with E-state index in [-0.39, 0.29) is 5.56 Å². The second-order valence-electron chi connectivity index (χ2n) is 5.15. The maximum Gasteiger partial charge on any atom is 0.342 e. The van der Waals surface area contributed by atoms with Gasteiger partial charge in [-0.3, -0.25) is 4.79 Å². The highest BCUT2D eigenvalue weighted by molar-refractivity contribution is 6.30. The van der Waals surface area contributed by atoms with E-state index in [1.807, 2.05) is 6.92 Å². The standard InChI is InChI=1S/C18H18ClNO5/c1-11-8-12(19)4-7-15(11)20-17(21)10-25-18(22)14-6-5-13(23-2)9-16(14)24-3/h4-9H,10H2,1-3H3,(H,20,21). The molecule has 1 N–H and O–H groups in total. The van der Waals surface area contributed by atoms with E-state index in [9.17, 15) is 9.59 Å². The van der Waals surface area contributed by atoms with E-state index in [0.29, 0.717) is 22.2 Å². The van der Waals surface area contributed by atoms with Gasteiger partial charge in [0.15, 0.2) is 6.61 Å². The molecule has 132 valence electrons. The molecular formula is C18H18ClNO5. The summed E-state index contributed by atoms with van der Waals surface area (Å²) in [5, 5.41) is 3.24. The quantitative estimate of drug-likeness (QED) is 0.795. The maximum atomic E-state index is 12.2. The lowest BCUT2D eigenvalue weighted by molar-refractivity contribution is -0.119. The third kappa shape index (κ3) is 4.87. The molecule has 0 fully saturated rings. The van der Waals surface area contributed by atoms with Crippen LogP contribution in [0.5, 0.6) is 11.5 Å². The van der Waals surface area contributed by atoms with E-state index in [0.717, 1.165) is 5.56 Å². The number of aryl methyl sites for hydroxylation is 1. The minimum Gasteiger partial charge on any atom is -0.497 e. The summed E-state index contributed by atoms with van der Waals surface area (Å²) in [6.45, 7) is 1.39. The van der Waals surface area contributed by atoms with Crippen molar-refractivity contribution in [2.24, 2.45) is 0 Å². The molecule has 0 atom stereocenters. The smallest absolute Gasteiger partial charge is 0.342 e. The summed E-state index contributed by atoms with van der Waals surface area (Å²) in [5.41, 5.74) is 1.62. The monoisotopic (exact) mass is 363 g/mol. The van der Waals surface area contributed by atoms with Crippen molar-refractivity contribution in [3.63, 3.8) is 0 Å². The largest absolute Gasteiger partial charge is 0.497 e. The van der Waals surface area contributed by atoms with Gasteiger partial charge < -0.3 is 19.5 Å². The molecule has 1 amide bonds. The zero-order valence-corrected chi connectivity index (χ0v) is 14.8. The molecule has 0 saturated heterocycles. The predicted molar refractivity (Wildman–Crippen MR) is 94.6 cm³/mol. The molecule has 6 nitrogen and oxygen atoms in total. The Morgan fingerprint density at radius 2 is 1.84 bits per heavy atom. The fourth-order valence-electron chi connectivity index (χ4n) is 2.13. The van der Waals surface area contributed by atoms with E-state index in [4.69, 9.17) is 25.8 Å². The van der Waals surface area contributed by atoms with Gasteiger partial charge >= 0.3 is 5.97 Å². The van der Waals surface area contributed by atoms with Crippen molar-refractivity contribution in [2.75, 3.05) is 26.1 Å². The van der Waals surface area contributed by atoms with Crippen molar-refractivity contribution in [1.29, 1.82) is 0 Å². The molecule has 7 heteroatoms. The molecule has 2 aromatic carbocycles. The number of rotatable bonds is 6. The van der Waals surface area contributed by atoms with Gasteiger partial charge in [-0.2, -0.15) is 0 Å². The average Bonchev–Trinajstić information content (AvgIpc) is 2.61. The SMILES string of the molecule is COc1ccc(C(=O)OCC(=O)Nc2ccc(Cl)cc2C)c(OC)c1. The number of methoxy groups -OCH3 is 2. The summed E-state index contributed by atoms with van der Waals surface area (Å²) in [6, 6.07) is 9.76. The number of carbonyl (C=O) groups excluding carboxylic acids is 2. The first-order chi connectivity index (χ1) is 11.9. The molecule has 2 rings (SSSR count). The molecule has 0 aliphatic heterocycles. The van der Waals surface area contributed by atoms with Crippen LogP contribution in [0.3, 0.4) is 0 Å². The Morgan fingerprint density at radius 1 is 1.08 bits per heavy atom. The summed E-state index contributed by atoms with van der Waals surface area (Å²) < 4.78 is 15.3. The van der Waals surface area contributed by atoms with Crippen molar-refractivity contribution in [2.45, 2.75) is 6.92 Å². The van der Waals surface area contributed by atoms with Crippen molar-refractivity contribution in [1.82, 2.24) is 0 Å². The van der Waals surface area contributed by atoms with Crippen LogP contribution in [-0.2, 0) is 9.53 Å². The lowest BCUT2D eigenvalue weighted by Crippen LogP contribution is -2.21. The molecule has 0 radical (unpaired) electrons. The van der Waals surface area contributed by atoms with Crippen LogP contribution < -0.4 is 14.8 Å². The molecule has 0 unspecified atom stereocenters. The molecule has 0 aromatic heterocycles. The number of anilines is 1. The van der Waals surface area contributed by atoms with Crippen LogP contribution in [0.1, 0.15) is 15.9 Å². The lowest BCUT2D eigenvalue weighted by atomic mass is 10.2. The first-order valence-corrected chi connectivity index (χ1v) is 7.77. The van der Waals surface area contributed by atoms with Gasteiger partial charge in [0, 0.05) is 16.8 Å². The molecule has 0 bridgehead atoms. The molecule has 25 heavy (non-hydrogen) atoms. The van der Waals surface area contributed by atoms with Crippen molar-refractivity contribution in [3.05, 3.63) is 52.5 Å². The van der Waals surface area contributed by atoms with Gasteiger partial charge in [-0.05, 0) is 42.8 Å². The lowest BCUT2D eigenvalue weighted by Gasteiger charge is -2.11. The Morgan fingerprint density at radius 3 is 2.48 bits per heavy atom. The molecule has 0 aliphatic carbocycles. The van der Waals surface area contributed by atoms with E-state index in [1.54, 1.807) is 30.3 Å². The van der Waals surface area contributed by atoms with E-state index in [2.05, 4.69) is 5.32 Å². The fourth-order valence-corrected chi connectivity index (χ4v) is 2.36. The number of carbonyl (C=O) groups is 2. The second-order valence-corrected chi connectivity index (χ2v) is 5.59. The number of hydrogen-bond acceptors (Lipinski definition) is 5. The van der Waals surface area contributed by atoms with Gasteiger partial charge in [-0.15, -0.1) is 0 Å². The zero-order valence-electron chi connectivity index (χ0n) is 14.1. The maximum absolute atomic E-state index is 12.2. The van der Waals surface area contributed by atoms with Gasteiger partial charge in [0.1, 0.15) is 17.1 Å². The van der Waals surface area contributed by atoms with Crippen molar-refractivity contribution < 1.29 is 23.8 Å². The third-order valence-electron chi connectivity index (χ3n) is 3.43. The second kappa shape index (κ2) is 8.39. The molecule has 0 spiro atoms. The van der Waals surface area contributed by atoms with Crippen LogP contribution in [0.25, 0.3) is 0 Å². The molecule has 0 saturated carbocycles. The Hall–Kier alpha value is -2.73. The molecular weight excluding hydrogens is 346 g/mol. The van der Waals surface area contributed by atoms with E-state index < -0.39 is 18.5 Å². The van der Waals surface area contributed by atoms with Gasteiger partial charge in [-0.25, -0.2) is 4.79 Å². The summed E-state index contributed by atoms with van der Waals surface area (Å²) in [4.78, 5) is 24.1. The highest BCUT2D eigenvalue weighted by atomic mass is 35.5. The number of esters is 1. The van der Waals surface area contributed by atoms with Gasteiger partial charge in [0.25, 0.3) is 5.91 Å². The number of benzene rings is 2. The van der Waals surface area contributed by atoms with Crippen molar-refractivity contribution in [3.8, 4) is 11.5 Å². The first kappa shape index (κ1) is 18.6. The van der Waals surface area contributed by atoms with Crippen molar-refractivity contribution >= 4 is 29.2 Å². The summed E-state index contributed by atoms with van der Waals surface area (Å²) in [7, 11) is 2.94. The summed E-state index contributed by atoms with van der Waals surface area (Å²) in [5.74, 6) is -0.267. The highest BCUT2D eigenvalue weighted by Crippen LogP contribution is 2.25. The van der Waals surface area contributed by atoms with E-state index in [1.165, 1.54) is 20.3 Å². The number of amides is 1. The van der Waals surface area contributed by atoms with Crippen LogP contribution in [-0.4, -0.2) is 32.7 Å². The number of hydrogen-bond donors (Lipinski definition) is 1. The van der Waals surface area contributed by atoms with E-state index >= 15 is 0 Å². The number of ether oxygens (including phenoxy) is 3. The molecule has 0 aliphatic rings. The Kier molecular flexibility index (Phi) is 6.25. The van der Waals surface area contributed by atoms with Crippen LogP contribution in [0.4, 0.5) is 5.69 Å². The van der Waals surface area contributed by atoms with Gasteiger partial charge in [0.2, 0.25) is 0 Å². The normalized spacial score (nSPS) is 10.1. The van der Waals surface area contributed by atoms with Crippen LogP contribution in [0.15, 0.2) is 36.4 Å². The van der Waals surface area contributed by atoms with Crippen LogP contribution in [0.2, 0.25) is 5.02 Å². The Labute approximate surface area is 150 Å². The Balaban J connectivity index is 1.98. The number of halogens is 1. The first-order valence-electron chi connectivity index (χ1n) is 7.39. The van der Waals surface area contributed by atoms with Gasteiger partial charge in [-0.1, -0.05) is 11.6 Å². The zero-order chi connectivity index (χ0) is 18.4. The minimum absolute atomic E-state index is 0.207. The topological polar surface area (TPSA) is 73.9 Å². The highest BCUT2D eigenvalue weighted by Gasteiger charge is 2.16. The minimum atomic E-state index is -0.664.